The Morgan fingerprint density at radius 3 is 2.78 bits per heavy atom. The molecule has 1 aliphatic heterocycles. The van der Waals surface area contributed by atoms with Crippen molar-refractivity contribution in [3.8, 4) is 17.2 Å². The highest BCUT2D eigenvalue weighted by Gasteiger charge is 2.26. The zero-order chi connectivity index (χ0) is 18.8. The van der Waals surface area contributed by atoms with Gasteiger partial charge in [-0.3, -0.25) is 4.79 Å². The summed E-state index contributed by atoms with van der Waals surface area (Å²) in [5.74, 6) is 2.33. The molecule has 7 heteroatoms. The van der Waals surface area contributed by atoms with Crippen LogP contribution in [0.5, 0.6) is 17.2 Å². The second kappa shape index (κ2) is 7.19. The zero-order valence-corrected chi connectivity index (χ0v) is 15.2. The van der Waals surface area contributed by atoms with E-state index in [1.54, 1.807) is 26.4 Å². The lowest BCUT2D eigenvalue weighted by atomic mass is 9.96. The Morgan fingerprint density at radius 1 is 1.19 bits per heavy atom. The Morgan fingerprint density at radius 2 is 1.96 bits per heavy atom. The van der Waals surface area contributed by atoms with E-state index >= 15 is 0 Å². The summed E-state index contributed by atoms with van der Waals surface area (Å²) in [7, 11) is 3.21. The van der Waals surface area contributed by atoms with Crippen molar-refractivity contribution in [3.05, 3.63) is 47.9 Å². The van der Waals surface area contributed by atoms with Gasteiger partial charge in [-0.25, -0.2) is 4.98 Å². The third-order valence-corrected chi connectivity index (χ3v) is 4.60. The Bertz CT molecular complexity index is 982. The fourth-order valence-corrected chi connectivity index (χ4v) is 3.11. The van der Waals surface area contributed by atoms with Crippen molar-refractivity contribution in [2.24, 2.45) is 5.92 Å². The fraction of sp³-hybridized carbons (Fsp3) is 0.300. The van der Waals surface area contributed by atoms with Gasteiger partial charge in [0.15, 0.2) is 5.58 Å². The van der Waals surface area contributed by atoms with E-state index < -0.39 is 0 Å². The molecule has 1 atom stereocenters. The minimum absolute atomic E-state index is 0.0868. The molecule has 0 fully saturated rings. The van der Waals surface area contributed by atoms with E-state index in [4.69, 9.17) is 18.6 Å². The minimum atomic E-state index is -0.254. The minimum Gasteiger partial charge on any atom is -0.497 e. The van der Waals surface area contributed by atoms with Gasteiger partial charge >= 0.3 is 0 Å². The molecule has 0 bridgehead atoms. The number of ether oxygens (including phenoxy) is 3. The van der Waals surface area contributed by atoms with Gasteiger partial charge in [0.05, 0.1) is 26.7 Å². The third kappa shape index (κ3) is 3.53. The van der Waals surface area contributed by atoms with E-state index in [1.165, 1.54) is 0 Å². The van der Waals surface area contributed by atoms with Gasteiger partial charge in [-0.2, -0.15) is 0 Å². The zero-order valence-electron chi connectivity index (χ0n) is 15.2. The number of hydrogen-bond donors (Lipinski definition) is 1. The van der Waals surface area contributed by atoms with Crippen LogP contribution in [0.2, 0.25) is 0 Å². The van der Waals surface area contributed by atoms with Crippen molar-refractivity contribution in [2.45, 2.75) is 13.0 Å². The molecule has 3 aromatic rings. The van der Waals surface area contributed by atoms with E-state index in [1.807, 2.05) is 24.3 Å². The second-order valence-corrected chi connectivity index (χ2v) is 6.34. The van der Waals surface area contributed by atoms with Crippen molar-refractivity contribution in [1.29, 1.82) is 0 Å². The molecule has 1 N–H and O–H groups in total. The van der Waals surface area contributed by atoms with Gasteiger partial charge in [0.25, 0.3) is 0 Å². The first kappa shape index (κ1) is 17.2. The van der Waals surface area contributed by atoms with Crippen LogP contribution in [0.4, 0.5) is 0 Å². The van der Waals surface area contributed by atoms with Gasteiger partial charge in [-0.15, -0.1) is 0 Å². The molecule has 140 valence electrons. The monoisotopic (exact) mass is 368 g/mol. The summed E-state index contributed by atoms with van der Waals surface area (Å²) < 4.78 is 21.8. The Kier molecular flexibility index (Phi) is 4.58. The van der Waals surface area contributed by atoms with E-state index in [2.05, 4.69) is 10.3 Å². The summed E-state index contributed by atoms with van der Waals surface area (Å²) in [6.45, 7) is 0.554. The lowest BCUT2D eigenvalue weighted by Crippen LogP contribution is -2.37. The van der Waals surface area contributed by atoms with Crippen molar-refractivity contribution in [1.82, 2.24) is 10.3 Å². The molecule has 27 heavy (non-hydrogen) atoms. The summed E-state index contributed by atoms with van der Waals surface area (Å²) in [5, 5.41) is 2.88. The first-order chi connectivity index (χ1) is 13.2. The first-order valence-electron chi connectivity index (χ1n) is 8.67. The lowest BCUT2D eigenvalue weighted by Gasteiger charge is -2.24. The van der Waals surface area contributed by atoms with Crippen molar-refractivity contribution >= 4 is 17.0 Å². The smallest absolute Gasteiger partial charge is 0.227 e. The molecule has 1 amide bonds. The number of aromatic nitrogens is 1. The van der Waals surface area contributed by atoms with Gasteiger partial charge in [0, 0.05) is 12.1 Å². The number of carbonyl (C=O) groups excluding carboxylic acids is 1. The molecule has 0 saturated carbocycles. The normalized spacial score (nSPS) is 15.7. The summed E-state index contributed by atoms with van der Waals surface area (Å²) >= 11 is 0. The van der Waals surface area contributed by atoms with Crippen LogP contribution in [-0.2, 0) is 17.8 Å². The predicted octanol–water partition coefficient (Wildman–Crippen LogP) is 2.71. The molecule has 0 spiro atoms. The van der Waals surface area contributed by atoms with Gasteiger partial charge in [0.2, 0.25) is 11.8 Å². The maximum Gasteiger partial charge on any atom is 0.227 e. The summed E-state index contributed by atoms with van der Waals surface area (Å²) in [6, 6.07) is 11.0. The quantitative estimate of drug-likeness (QED) is 0.746. The van der Waals surface area contributed by atoms with E-state index in [9.17, 15) is 4.79 Å². The van der Waals surface area contributed by atoms with E-state index in [-0.39, 0.29) is 18.4 Å². The van der Waals surface area contributed by atoms with Crippen LogP contribution in [0.1, 0.15) is 11.5 Å². The molecule has 0 saturated heterocycles. The van der Waals surface area contributed by atoms with Gasteiger partial charge < -0.3 is 23.9 Å². The molecule has 2 heterocycles. The number of oxazole rings is 1. The number of carbonyl (C=O) groups is 1. The Balaban J connectivity index is 1.39. The highest BCUT2D eigenvalue weighted by Crippen LogP contribution is 2.31. The highest BCUT2D eigenvalue weighted by molar-refractivity contribution is 5.80. The average molecular weight is 368 g/mol. The van der Waals surface area contributed by atoms with Gasteiger partial charge in [0.1, 0.15) is 29.4 Å². The molecule has 1 unspecified atom stereocenters. The molecule has 1 aromatic heterocycles. The van der Waals surface area contributed by atoms with Crippen LogP contribution < -0.4 is 19.5 Å². The number of methoxy groups -OCH3 is 2. The SMILES string of the molecule is COc1ccc2c(c1)OCC(C(=O)NCc1nc3cc(OC)ccc3o1)C2. The topological polar surface area (TPSA) is 82.8 Å². The lowest BCUT2D eigenvalue weighted by molar-refractivity contribution is -0.126. The number of hydrogen-bond acceptors (Lipinski definition) is 6. The van der Waals surface area contributed by atoms with Crippen molar-refractivity contribution in [2.75, 3.05) is 20.8 Å². The second-order valence-electron chi connectivity index (χ2n) is 6.34. The predicted molar refractivity (Wildman–Crippen MR) is 98.1 cm³/mol. The van der Waals surface area contributed by atoms with Crippen LogP contribution in [-0.4, -0.2) is 31.7 Å². The van der Waals surface area contributed by atoms with E-state index in [0.29, 0.717) is 35.8 Å². The number of rotatable bonds is 5. The van der Waals surface area contributed by atoms with Gasteiger partial charge in [-0.05, 0) is 30.2 Å². The first-order valence-corrected chi connectivity index (χ1v) is 8.67. The summed E-state index contributed by atoms with van der Waals surface area (Å²) in [6.07, 6.45) is 0.621. The maximum absolute atomic E-state index is 12.5. The van der Waals surface area contributed by atoms with Crippen molar-refractivity contribution in [3.63, 3.8) is 0 Å². The molecule has 2 aromatic carbocycles. The Labute approximate surface area is 156 Å². The Hall–Kier alpha value is -3.22. The number of benzene rings is 2. The van der Waals surface area contributed by atoms with E-state index in [0.717, 1.165) is 17.1 Å². The van der Waals surface area contributed by atoms with Crippen LogP contribution >= 0.6 is 0 Å². The average Bonchev–Trinajstić information content (AvgIpc) is 3.13. The highest BCUT2D eigenvalue weighted by atomic mass is 16.5. The number of amides is 1. The summed E-state index contributed by atoms with van der Waals surface area (Å²) in [5.41, 5.74) is 2.35. The molecular formula is C20H20N2O5. The standard InChI is InChI=1S/C20H20N2O5/c1-24-14-5-6-17-16(8-14)22-19(27-17)10-21-20(23)13-7-12-3-4-15(25-2)9-18(12)26-11-13/h3-6,8-9,13H,7,10-11H2,1-2H3,(H,21,23). The molecule has 7 nitrogen and oxygen atoms in total. The van der Waals surface area contributed by atoms with Crippen LogP contribution in [0.25, 0.3) is 11.1 Å². The largest absolute Gasteiger partial charge is 0.497 e. The molecule has 4 rings (SSSR count). The summed E-state index contributed by atoms with van der Waals surface area (Å²) in [4.78, 5) is 16.9. The van der Waals surface area contributed by atoms with Crippen LogP contribution in [0, 0.1) is 5.92 Å². The number of nitrogens with one attached hydrogen (secondary N) is 1. The molecular weight excluding hydrogens is 348 g/mol. The van der Waals surface area contributed by atoms with Crippen LogP contribution in [0.15, 0.2) is 40.8 Å². The van der Waals surface area contributed by atoms with Crippen LogP contribution in [0.3, 0.4) is 0 Å². The maximum atomic E-state index is 12.5. The molecule has 1 aliphatic rings. The third-order valence-electron chi connectivity index (χ3n) is 4.60. The fourth-order valence-electron chi connectivity index (χ4n) is 3.11. The molecule has 0 radical (unpaired) electrons. The van der Waals surface area contributed by atoms with Gasteiger partial charge in [-0.1, -0.05) is 6.07 Å². The molecule has 0 aliphatic carbocycles. The number of fused-ring (bicyclic) bond motifs is 2. The number of nitrogens with zero attached hydrogens (tertiary/aromatic N) is 1. The van der Waals surface area contributed by atoms with Crippen molar-refractivity contribution < 1.29 is 23.4 Å².